The second kappa shape index (κ2) is 5.97. The van der Waals surface area contributed by atoms with E-state index in [1.165, 1.54) is 12.1 Å². The molecule has 0 saturated heterocycles. The van der Waals surface area contributed by atoms with Crippen molar-refractivity contribution in [2.75, 3.05) is 24.1 Å². The molecule has 0 aliphatic carbocycles. The van der Waals surface area contributed by atoms with Crippen LogP contribution in [0.1, 0.15) is 12.0 Å². The standard InChI is InChI=1S/C11H17FN2O2S/c1-9-4-5-11(10(12)8-9)14-17(15,16)7-3-6-13-2/h4-5,8,13-14H,3,6-7H2,1-2H3. The van der Waals surface area contributed by atoms with Crippen molar-refractivity contribution in [2.45, 2.75) is 13.3 Å². The summed E-state index contributed by atoms with van der Waals surface area (Å²) in [6.07, 6.45) is 0.485. The normalized spacial score (nSPS) is 11.5. The first-order valence-corrected chi connectivity index (χ1v) is 7.01. The third kappa shape index (κ3) is 4.70. The minimum Gasteiger partial charge on any atom is -0.320 e. The van der Waals surface area contributed by atoms with Gasteiger partial charge in [0.15, 0.2) is 0 Å². The number of halogens is 1. The van der Waals surface area contributed by atoms with Crippen LogP contribution in [0.4, 0.5) is 10.1 Å². The Bertz CT molecular complexity index is 474. The maximum absolute atomic E-state index is 13.4. The SMILES string of the molecule is CNCCCS(=O)(=O)Nc1ccc(C)cc1F. The van der Waals surface area contributed by atoms with Gasteiger partial charge in [0, 0.05) is 0 Å². The molecular formula is C11H17FN2O2S. The van der Waals surface area contributed by atoms with Gasteiger partial charge < -0.3 is 5.32 Å². The van der Waals surface area contributed by atoms with Gasteiger partial charge in [-0.3, -0.25) is 4.72 Å². The van der Waals surface area contributed by atoms with Crippen molar-refractivity contribution in [3.63, 3.8) is 0 Å². The lowest BCUT2D eigenvalue weighted by atomic mass is 10.2. The average molecular weight is 260 g/mol. The van der Waals surface area contributed by atoms with Crippen LogP contribution in [0.25, 0.3) is 0 Å². The first-order valence-electron chi connectivity index (χ1n) is 5.36. The molecule has 0 unspecified atom stereocenters. The summed E-state index contributed by atoms with van der Waals surface area (Å²) < 4.78 is 38.9. The summed E-state index contributed by atoms with van der Waals surface area (Å²) >= 11 is 0. The van der Waals surface area contributed by atoms with E-state index >= 15 is 0 Å². The highest BCUT2D eigenvalue weighted by molar-refractivity contribution is 7.92. The monoisotopic (exact) mass is 260 g/mol. The average Bonchev–Trinajstić information content (AvgIpc) is 2.22. The smallest absolute Gasteiger partial charge is 0.232 e. The maximum Gasteiger partial charge on any atom is 0.232 e. The Morgan fingerprint density at radius 3 is 2.65 bits per heavy atom. The molecule has 2 N–H and O–H groups in total. The van der Waals surface area contributed by atoms with E-state index in [9.17, 15) is 12.8 Å². The largest absolute Gasteiger partial charge is 0.320 e. The molecule has 17 heavy (non-hydrogen) atoms. The van der Waals surface area contributed by atoms with E-state index in [0.717, 1.165) is 5.56 Å². The Morgan fingerprint density at radius 2 is 2.06 bits per heavy atom. The van der Waals surface area contributed by atoms with E-state index in [0.29, 0.717) is 13.0 Å². The topological polar surface area (TPSA) is 58.2 Å². The van der Waals surface area contributed by atoms with Crippen molar-refractivity contribution in [3.05, 3.63) is 29.6 Å². The van der Waals surface area contributed by atoms with Crippen LogP contribution in [0.15, 0.2) is 18.2 Å². The van der Waals surface area contributed by atoms with Crippen LogP contribution >= 0.6 is 0 Å². The Labute approximate surface area is 101 Å². The Balaban J connectivity index is 2.69. The van der Waals surface area contributed by atoms with Gasteiger partial charge in [-0.2, -0.15) is 0 Å². The van der Waals surface area contributed by atoms with Gasteiger partial charge >= 0.3 is 0 Å². The second-order valence-electron chi connectivity index (χ2n) is 3.86. The number of rotatable bonds is 6. The van der Waals surface area contributed by atoms with Crippen LogP contribution in [0.5, 0.6) is 0 Å². The van der Waals surface area contributed by atoms with E-state index in [2.05, 4.69) is 10.0 Å². The fraction of sp³-hybridized carbons (Fsp3) is 0.455. The lowest BCUT2D eigenvalue weighted by Gasteiger charge is -2.09. The predicted molar refractivity (Wildman–Crippen MR) is 67.1 cm³/mol. The van der Waals surface area contributed by atoms with E-state index in [1.54, 1.807) is 20.0 Å². The fourth-order valence-electron chi connectivity index (χ4n) is 1.36. The molecule has 0 bridgehead atoms. The van der Waals surface area contributed by atoms with Gasteiger partial charge in [-0.05, 0) is 44.6 Å². The molecule has 0 amide bonds. The summed E-state index contributed by atoms with van der Waals surface area (Å²) in [6.45, 7) is 2.35. The molecule has 1 rings (SSSR count). The van der Waals surface area contributed by atoms with Crippen LogP contribution in [-0.2, 0) is 10.0 Å². The van der Waals surface area contributed by atoms with Crippen molar-refractivity contribution in [1.29, 1.82) is 0 Å². The first kappa shape index (κ1) is 13.9. The minimum atomic E-state index is -3.47. The molecule has 6 heteroatoms. The van der Waals surface area contributed by atoms with Crippen LogP contribution in [-0.4, -0.2) is 27.8 Å². The highest BCUT2D eigenvalue weighted by atomic mass is 32.2. The Kier molecular flexibility index (Phi) is 4.89. The number of benzene rings is 1. The number of anilines is 1. The number of nitrogens with one attached hydrogen (secondary N) is 2. The zero-order chi connectivity index (χ0) is 12.9. The van der Waals surface area contributed by atoms with E-state index in [4.69, 9.17) is 0 Å². The summed E-state index contributed by atoms with van der Waals surface area (Å²) in [5.74, 6) is -0.580. The molecule has 96 valence electrons. The van der Waals surface area contributed by atoms with Gasteiger partial charge in [0.2, 0.25) is 10.0 Å². The Morgan fingerprint density at radius 1 is 1.35 bits per heavy atom. The quantitative estimate of drug-likeness (QED) is 0.762. The Hall–Kier alpha value is -1.14. The lowest BCUT2D eigenvalue weighted by molar-refractivity contribution is 0.594. The predicted octanol–water partition coefficient (Wildman–Crippen LogP) is 1.49. The summed E-state index contributed by atoms with van der Waals surface area (Å²) in [4.78, 5) is 0. The van der Waals surface area contributed by atoms with Gasteiger partial charge in [0.1, 0.15) is 5.82 Å². The second-order valence-corrected chi connectivity index (χ2v) is 5.70. The van der Waals surface area contributed by atoms with Crippen LogP contribution in [0.3, 0.4) is 0 Å². The van der Waals surface area contributed by atoms with Crippen molar-refractivity contribution in [3.8, 4) is 0 Å². The summed E-state index contributed by atoms with van der Waals surface area (Å²) in [5, 5.41) is 2.86. The van der Waals surface area contributed by atoms with Crippen LogP contribution in [0.2, 0.25) is 0 Å². The van der Waals surface area contributed by atoms with Crippen LogP contribution < -0.4 is 10.0 Å². The van der Waals surface area contributed by atoms with E-state index in [-0.39, 0.29) is 11.4 Å². The zero-order valence-electron chi connectivity index (χ0n) is 9.96. The molecule has 0 atom stereocenters. The number of hydrogen-bond donors (Lipinski definition) is 2. The molecule has 0 saturated carbocycles. The van der Waals surface area contributed by atoms with Crippen LogP contribution in [0, 0.1) is 12.7 Å². The molecular weight excluding hydrogens is 243 g/mol. The lowest BCUT2D eigenvalue weighted by Crippen LogP contribution is -2.20. The first-order chi connectivity index (χ1) is 7.94. The van der Waals surface area contributed by atoms with Gasteiger partial charge in [-0.1, -0.05) is 6.07 Å². The summed E-state index contributed by atoms with van der Waals surface area (Å²) in [6, 6.07) is 4.39. The highest BCUT2D eigenvalue weighted by Crippen LogP contribution is 2.16. The number of aryl methyl sites for hydroxylation is 1. The van der Waals surface area contributed by atoms with Gasteiger partial charge in [-0.25, -0.2) is 12.8 Å². The maximum atomic E-state index is 13.4. The summed E-state index contributed by atoms with van der Waals surface area (Å²) in [7, 11) is -1.72. The number of hydrogen-bond acceptors (Lipinski definition) is 3. The molecule has 0 aromatic heterocycles. The zero-order valence-corrected chi connectivity index (χ0v) is 10.8. The van der Waals surface area contributed by atoms with Crippen molar-refractivity contribution >= 4 is 15.7 Å². The van der Waals surface area contributed by atoms with Crippen molar-refractivity contribution < 1.29 is 12.8 Å². The fourth-order valence-corrected chi connectivity index (χ4v) is 2.49. The highest BCUT2D eigenvalue weighted by Gasteiger charge is 2.12. The van der Waals surface area contributed by atoms with Gasteiger partial charge in [0.05, 0.1) is 11.4 Å². The molecule has 0 spiro atoms. The minimum absolute atomic E-state index is 0.0000534. The molecule has 0 fully saturated rings. The third-order valence-electron chi connectivity index (χ3n) is 2.23. The van der Waals surface area contributed by atoms with Crippen molar-refractivity contribution in [2.24, 2.45) is 0 Å². The molecule has 1 aromatic rings. The molecule has 0 aliphatic heterocycles. The molecule has 0 radical (unpaired) electrons. The third-order valence-corrected chi connectivity index (χ3v) is 3.59. The van der Waals surface area contributed by atoms with E-state index < -0.39 is 15.8 Å². The van der Waals surface area contributed by atoms with Crippen molar-refractivity contribution in [1.82, 2.24) is 5.32 Å². The molecule has 4 nitrogen and oxygen atoms in total. The number of sulfonamides is 1. The van der Waals surface area contributed by atoms with Gasteiger partial charge in [-0.15, -0.1) is 0 Å². The molecule has 0 heterocycles. The summed E-state index contributed by atoms with van der Waals surface area (Å²) in [5.41, 5.74) is 0.751. The van der Waals surface area contributed by atoms with E-state index in [1.807, 2.05) is 0 Å². The molecule has 0 aliphatic rings. The van der Waals surface area contributed by atoms with Gasteiger partial charge in [0.25, 0.3) is 0 Å². The molecule has 1 aromatic carbocycles.